The molecular weight excluding hydrogens is 407 g/mol. The van der Waals surface area contributed by atoms with Crippen LogP contribution in [0.15, 0.2) is 36.4 Å². The second kappa shape index (κ2) is 8.65. The van der Waals surface area contributed by atoms with E-state index < -0.39 is 0 Å². The molecule has 2 aromatic carbocycles. The Balaban J connectivity index is 1.84. The van der Waals surface area contributed by atoms with Gasteiger partial charge in [0.05, 0.1) is 13.7 Å². The van der Waals surface area contributed by atoms with Crippen molar-refractivity contribution in [2.45, 2.75) is 20.1 Å². The van der Waals surface area contributed by atoms with Crippen LogP contribution in [0.2, 0.25) is 10.0 Å². The van der Waals surface area contributed by atoms with Gasteiger partial charge in [0.2, 0.25) is 4.77 Å². The molecule has 0 unspecified atom stereocenters. The average molecular weight is 425 g/mol. The molecular formula is C18H18Cl2N4O2S. The minimum Gasteiger partial charge on any atom is -0.493 e. The SMILES string of the molecule is COc1cccc(CNn2c(C)n[nH]c2=S)c1OCc1c(Cl)cccc1Cl. The standard InChI is InChI=1S/C18H18Cl2N4O2S/c1-11-22-23-18(27)24(11)21-9-12-5-3-8-16(25-2)17(12)26-10-13-14(19)6-4-7-15(13)20/h3-8,21H,9-10H2,1-2H3,(H,23,27). The van der Waals surface area contributed by atoms with E-state index in [1.54, 1.807) is 30.0 Å². The lowest BCUT2D eigenvalue weighted by Gasteiger charge is -2.17. The van der Waals surface area contributed by atoms with Crippen molar-refractivity contribution >= 4 is 35.4 Å². The number of para-hydroxylation sites is 1. The second-order valence-electron chi connectivity index (χ2n) is 5.68. The van der Waals surface area contributed by atoms with Crippen molar-refractivity contribution in [2.24, 2.45) is 0 Å². The van der Waals surface area contributed by atoms with E-state index in [1.807, 2.05) is 25.1 Å². The number of nitrogens with one attached hydrogen (secondary N) is 2. The molecule has 27 heavy (non-hydrogen) atoms. The number of methoxy groups -OCH3 is 1. The summed E-state index contributed by atoms with van der Waals surface area (Å²) in [7, 11) is 1.60. The van der Waals surface area contributed by atoms with E-state index in [0.29, 0.717) is 32.9 Å². The summed E-state index contributed by atoms with van der Waals surface area (Å²) >= 11 is 17.7. The van der Waals surface area contributed by atoms with Crippen molar-refractivity contribution in [1.82, 2.24) is 14.9 Å². The van der Waals surface area contributed by atoms with Gasteiger partial charge in [0.25, 0.3) is 0 Å². The fraction of sp³-hybridized carbons (Fsp3) is 0.222. The zero-order valence-electron chi connectivity index (χ0n) is 14.8. The molecule has 1 heterocycles. The molecule has 0 aliphatic carbocycles. The first-order valence-corrected chi connectivity index (χ1v) is 9.27. The van der Waals surface area contributed by atoms with Crippen molar-refractivity contribution in [2.75, 3.05) is 12.5 Å². The predicted molar refractivity (Wildman–Crippen MR) is 109 cm³/mol. The third kappa shape index (κ3) is 4.37. The van der Waals surface area contributed by atoms with Crippen LogP contribution in [-0.4, -0.2) is 22.0 Å². The molecule has 2 N–H and O–H groups in total. The zero-order valence-corrected chi connectivity index (χ0v) is 17.1. The van der Waals surface area contributed by atoms with Crippen LogP contribution in [0.3, 0.4) is 0 Å². The predicted octanol–water partition coefficient (Wildman–Crippen LogP) is 4.89. The summed E-state index contributed by atoms with van der Waals surface area (Å²) in [4.78, 5) is 0. The number of benzene rings is 2. The maximum Gasteiger partial charge on any atom is 0.214 e. The highest BCUT2D eigenvalue weighted by Gasteiger charge is 2.14. The molecule has 0 aliphatic heterocycles. The normalized spacial score (nSPS) is 10.7. The van der Waals surface area contributed by atoms with Gasteiger partial charge in [0.1, 0.15) is 12.4 Å². The Morgan fingerprint density at radius 3 is 2.52 bits per heavy atom. The summed E-state index contributed by atoms with van der Waals surface area (Å²) in [5, 5.41) is 7.92. The van der Waals surface area contributed by atoms with Crippen molar-refractivity contribution < 1.29 is 9.47 Å². The highest BCUT2D eigenvalue weighted by molar-refractivity contribution is 7.71. The van der Waals surface area contributed by atoms with Crippen molar-refractivity contribution in [3.8, 4) is 11.5 Å². The Labute approximate surface area is 172 Å². The van der Waals surface area contributed by atoms with Crippen molar-refractivity contribution in [1.29, 1.82) is 0 Å². The summed E-state index contributed by atoms with van der Waals surface area (Å²) in [5.41, 5.74) is 4.83. The molecule has 3 rings (SSSR count). The Morgan fingerprint density at radius 2 is 1.89 bits per heavy atom. The van der Waals surface area contributed by atoms with Gasteiger partial charge in [-0.05, 0) is 37.3 Å². The molecule has 0 fully saturated rings. The first kappa shape index (κ1) is 19.5. The van der Waals surface area contributed by atoms with Crippen LogP contribution < -0.4 is 14.9 Å². The van der Waals surface area contributed by atoms with Gasteiger partial charge in [-0.25, -0.2) is 4.68 Å². The molecule has 0 spiro atoms. The molecule has 142 valence electrons. The molecule has 0 bridgehead atoms. The number of nitrogens with zero attached hydrogens (tertiary/aromatic N) is 2. The van der Waals surface area contributed by atoms with Gasteiger partial charge in [-0.3, -0.25) is 5.10 Å². The number of hydrogen-bond acceptors (Lipinski definition) is 5. The number of aromatic amines is 1. The van der Waals surface area contributed by atoms with E-state index in [2.05, 4.69) is 15.6 Å². The Hall–Kier alpha value is -2.22. The van der Waals surface area contributed by atoms with Crippen molar-refractivity contribution in [3.63, 3.8) is 0 Å². The number of aryl methyl sites for hydroxylation is 1. The van der Waals surface area contributed by atoms with Gasteiger partial charge in [0.15, 0.2) is 11.5 Å². The topological polar surface area (TPSA) is 64.1 Å². The number of halogens is 2. The number of hydrogen-bond donors (Lipinski definition) is 2. The van der Waals surface area contributed by atoms with E-state index >= 15 is 0 Å². The summed E-state index contributed by atoms with van der Waals surface area (Å²) in [6.07, 6.45) is 0. The Kier molecular flexibility index (Phi) is 6.26. The molecule has 6 nitrogen and oxygen atoms in total. The third-order valence-corrected chi connectivity index (χ3v) is 4.95. The maximum absolute atomic E-state index is 6.24. The molecule has 0 radical (unpaired) electrons. The Morgan fingerprint density at radius 1 is 1.19 bits per heavy atom. The van der Waals surface area contributed by atoms with Crippen LogP contribution in [0, 0.1) is 11.7 Å². The molecule has 1 aromatic heterocycles. The van der Waals surface area contributed by atoms with E-state index in [-0.39, 0.29) is 6.61 Å². The van der Waals surface area contributed by atoms with Gasteiger partial charge in [-0.1, -0.05) is 41.4 Å². The van der Waals surface area contributed by atoms with E-state index in [0.717, 1.165) is 17.0 Å². The first-order chi connectivity index (χ1) is 13.0. The van der Waals surface area contributed by atoms with Crippen LogP contribution in [0.25, 0.3) is 0 Å². The number of aromatic nitrogens is 3. The van der Waals surface area contributed by atoms with Crippen LogP contribution in [0.1, 0.15) is 17.0 Å². The lowest BCUT2D eigenvalue weighted by atomic mass is 10.2. The second-order valence-corrected chi connectivity index (χ2v) is 6.88. The quantitative estimate of drug-likeness (QED) is 0.528. The summed E-state index contributed by atoms with van der Waals surface area (Å²) in [6.45, 7) is 2.52. The molecule has 0 atom stereocenters. The van der Waals surface area contributed by atoms with Crippen LogP contribution in [0.4, 0.5) is 0 Å². The van der Waals surface area contributed by atoms with E-state index in [9.17, 15) is 0 Å². The van der Waals surface area contributed by atoms with Gasteiger partial charge >= 0.3 is 0 Å². The molecule has 0 aliphatic rings. The van der Waals surface area contributed by atoms with Gasteiger partial charge in [-0.15, -0.1) is 0 Å². The number of rotatable bonds is 7. The van der Waals surface area contributed by atoms with Crippen LogP contribution >= 0.6 is 35.4 Å². The van der Waals surface area contributed by atoms with Crippen LogP contribution in [-0.2, 0) is 13.2 Å². The minimum absolute atomic E-state index is 0.218. The monoisotopic (exact) mass is 424 g/mol. The van der Waals surface area contributed by atoms with Gasteiger partial charge < -0.3 is 14.9 Å². The smallest absolute Gasteiger partial charge is 0.214 e. The lowest BCUT2D eigenvalue weighted by molar-refractivity contribution is 0.281. The van der Waals surface area contributed by atoms with E-state index in [1.165, 1.54) is 0 Å². The fourth-order valence-corrected chi connectivity index (χ4v) is 3.31. The molecule has 0 saturated heterocycles. The van der Waals surface area contributed by atoms with Gasteiger partial charge in [-0.2, -0.15) is 5.10 Å². The first-order valence-electron chi connectivity index (χ1n) is 8.10. The molecule has 9 heteroatoms. The summed E-state index contributed by atoms with van der Waals surface area (Å²) in [5.74, 6) is 1.95. The third-order valence-electron chi connectivity index (χ3n) is 3.97. The van der Waals surface area contributed by atoms with Gasteiger partial charge in [0, 0.05) is 21.2 Å². The number of ether oxygens (including phenoxy) is 2. The number of H-pyrrole nitrogens is 1. The average Bonchev–Trinajstić information content (AvgIpc) is 2.97. The summed E-state index contributed by atoms with van der Waals surface area (Å²) < 4.78 is 13.7. The lowest BCUT2D eigenvalue weighted by Crippen LogP contribution is -2.17. The zero-order chi connectivity index (χ0) is 19.4. The van der Waals surface area contributed by atoms with Crippen molar-refractivity contribution in [3.05, 3.63) is 68.2 Å². The van der Waals surface area contributed by atoms with Crippen LogP contribution in [0.5, 0.6) is 11.5 Å². The molecule has 3 aromatic rings. The highest BCUT2D eigenvalue weighted by Crippen LogP contribution is 2.33. The molecule has 0 amide bonds. The maximum atomic E-state index is 6.24. The summed E-state index contributed by atoms with van der Waals surface area (Å²) in [6, 6.07) is 11.0. The minimum atomic E-state index is 0.218. The molecule has 0 saturated carbocycles. The Bertz CT molecular complexity index is 983. The van der Waals surface area contributed by atoms with E-state index in [4.69, 9.17) is 44.9 Å². The highest BCUT2D eigenvalue weighted by atomic mass is 35.5. The largest absolute Gasteiger partial charge is 0.493 e. The fourth-order valence-electron chi connectivity index (χ4n) is 2.57.